The Kier molecular flexibility index (Phi) is 3.18. The van der Waals surface area contributed by atoms with Gasteiger partial charge in [0.05, 0.1) is 18.2 Å². The normalized spacial score (nSPS) is 10.8. The van der Waals surface area contributed by atoms with Crippen LogP contribution >= 0.6 is 0 Å². The molecule has 22 heavy (non-hydrogen) atoms. The molecule has 0 unspecified atom stereocenters. The minimum Gasteiger partial charge on any atom is -0.497 e. The molecule has 0 saturated carbocycles. The van der Waals surface area contributed by atoms with Crippen molar-refractivity contribution in [3.05, 3.63) is 53.6 Å². The van der Waals surface area contributed by atoms with Gasteiger partial charge in [0.2, 0.25) is 0 Å². The molecule has 0 aliphatic rings. The molecule has 5 nitrogen and oxygen atoms in total. The number of carboxylic acids is 2. The smallest absolute Gasteiger partial charge is 0.336 e. The van der Waals surface area contributed by atoms with Gasteiger partial charge in [-0.15, -0.1) is 0 Å². The predicted octanol–water partition coefficient (Wildman–Crippen LogP) is 3.40. The summed E-state index contributed by atoms with van der Waals surface area (Å²) in [5.41, 5.74) is -0.0543. The number of aromatic carboxylic acids is 2. The van der Waals surface area contributed by atoms with Crippen molar-refractivity contribution in [1.82, 2.24) is 0 Å². The van der Waals surface area contributed by atoms with E-state index >= 15 is 0 Å². The fraction of sp³-hybridized carbons (Fsp3) is 0.0588. The average molecular weight is 296 g/mol. The lowest BCUT2D eigenvalue weighted by Crippen LogP contribution is -2.04. The number of hydrogen-bond donors (Lipinski definition) is 2. The van der Waals surface area contributed by atoms with Gasteiger partial charge < -0.3 is 14.9 Å². The van der Waals surface area contributed by atoms with Crippen molar-refractivity contribution >= 4 is 33.5 Å². The summed E-state index contributed by atoms with van der Waals surface area (Å²) >= 11 is 0. The highest BCUT2D eigenvalue weighted by atomic mass is 16.5. The van der Waals surface area contributed by atoms with Crippen LogP contribution in [0.5, 0.6) is 5.75 Å². The van der Waals surface area contributed by atoms with Crippen molar-refractivity contribution in [1.29, 1.82) is 0 Å². The zero-order chi connectivity index (χ0) is 15.9. The third kappa shape index (κ3) is 2.03. The highest BCUT2D eigenvalue weighted by Crippen LogP contribution is 2.33. The Morgan fingerprint density at radius 3 is 2.27 bits per heavy atom. The first-order valence-corrected chi connectivity index (χ1v) is 6.53. The Balaban J connectivity index is 2.55. The maximum Gasteiger partial charge on any atom is 0.336 e. The standard InChI is InChI=1S/C17H12O5/c1-22-10-5-6-11-9(7-10)8-14(17(20)21)15-12(11)3-2-4-13(15)16(18)19/h2-8H,1H3,(H,18,19)(H,20,21). The van der Waals surface area contributed by atoms with Gasteiger partial charge in [-0.1, -0.05) is 18.2 Å². The third-order valence-electron chi connectivity index (χ3n) is 3.64. The van der Waals surface area contributed by atoms with E-state index in [9.17, 15) is 19.8 Å². The van der Waals surface area contributed by atoms with Gasteiger partial charge in [0.1, 0.15) is 5.75 Å². The molecule has 2 N–H and O–H groups in total. The van der Waals surface area contributed by atoms with Crippen LogP contribution in [0.15, 0.2) is 42.5 Å². The zero-order valence-electron chi connectivity index (χ0n) is 11.7. The van der Waals surface area contributed by atoms with Gasteiger partial charge in [-0.2, -0.15) is 0 Å². The summed E-state index contributed by atoms with van der Waals surface area (Å²) in [5, 5.41) is 21.1. The maximum absolute atomic E-state index is 11.6. The maximum atomic E-state index is 11.6. The molecule has 0 aliphatic carbocycles. The van der Waals surface area contributed by atoms with Gasteiger partial charge in [0.25, 0.3) is 0 Å². The lowest BCUT2D eigenvalue weighted by molar-refractivity contribution is 0.0695. The Morgan fingerprint density at radius 1 is 0.909 bits per heavy atom. The van der Waals surface area contributed by atoms with E-state index in [1.54, 1.807) is 30.3 Å². The summed E-state index contributed by atoms with van der Waals surface area (Å²) < 4.78 is 5.16. The Hall–Kier alpha value is -3.08. The van der Waals surface area contributed by atoms with E-state index < -0.39 is 11.9 Å². The fourth-order valence-electron chi connectivity index (χ4n) is 2.67. The van der Waals surface area contributed by atoms with Crippen LogP contribution in [0.3, 0.4) is 0 Å². The first-order valence-electron chi connectivity index (χ1n) is 6.53. The number of carboxylic acid groups (broad SMARTS) is 2. The van der Waals surface area contributed by atoms with Crippen LogP contribution in [0.2, 0.25) is 0 Å². The molecule has 110 valence electrons. The Bertz CT molecular complexity index is 927. The summed E-state index contributed by atoms with van der Waals surface area (Å²) in [6.45, 7) is 0. The van der Waals surface area contributed by atoms with Gasteiger partial charge in [0, 0.05) is 5.39 Å². The number of methoxy groups -OCH3 is 1. The molecule has 3 aromatic rings. The quantitative estimate of drug-likeness (QED) is 0.724. The van der Waals surface area contributed by atoms with E-state index in [1.165, 1.54) is 19.2 Å². The van der Waals surface area contributed by atoms with Crippen LogP contribution in [0, 0.1) is 0 Å². The Labute approximate surface area is 125 Å². The van der Waals surface area contributed by atoms with Crippen LogP contribution in [-0.4, -0.2) is 29.3 Å². The molecule has 0 aromatic heterocycles. The molecule has 5 heteroatoms. The second kappa shape index (κ2) is 5.04. The summed E-state index contributed by atoms with van der Waals surface area (Å²) in [4.78, 5) is 23.0. The molecule has 0 aliphatic heterocycles. The summed E-state index contributed by atoms with van der Waals surface area (Å²) in [6, 6.07) is 11.5. The van der Waals surface area contributed by atoms with Crippen LogP contribution in [0.25, 0.3) is 21.5 Å². The van der Waals surface area contributed by atoms with Crippen molar-refractivity contribution in [2.24, 2.45) is 0 Å². The molecule has 0 atom stereocenters. The van der Waals surface area contributed by atoms with Gasteiger partial charge in [-0.05, 0) is 40.4 Å². The average Bonchev–Trinajstić information content (AvgIpc) is 2.52. The van der Waals surface area contributed by atoms with Crippen LogP contribution in [0.1, 0.15) is 20.7 Å². The van der Waals surface area contributed by atoms with Crippen LogP contribution in [-0.2, 0) is 0 Å². The predicted molar refractivity (Wildman–Crippen MR) is 81.9 cm³/mol. The first kappa shape index (κ1) is 13.9. The number of benzene rings is 3. The van der Waals surface area contributed by atoms with Gasteiger partial charge in [-0.3, -0.25) is 0 Å². The first-order chi connectivity index (χ1) is 10.5. The fourth-order valence-corrected chi connectivity index (χ4v) is 2.67. The molecular formula is C17H12O5. The molecule has 0 heterocycles. The van der Waals surface area contributed by atoms with Crippen LogP contribution < -0.4 is 4.74 Å². The molecule has 0 radical (unpaired) electrons. The van der Waals surface area contributed by atoms with Crippen molar-refractivity contribution < 1.29 is 24.5 Å². The summed E-state index contributed by atoms with van der Waals surface area (Å²) in [6.07, 6.45) is 0. The number of hydrogen-bond acceptors (Lipinski definition) is 3. The van der Waals surface area contributed by atoms with E-state index in [2.05, 4.69) is 0 Å². The van der Waals surface area contributed by atoms with E-state index in [1.807, 2.05) is 0 Å². The summed E-state index contributed by atoms with van der Waals surface area (Å²) in [7, 11) is 1.53. The Morgan fingerprint density at radius 2 is 1.64 bits per heavy atom. The highest BCUT2D eigenvalue weighted by molar-refractivity contribution is 6.20. The van der Waals surface area contributed by atoms with Gasteiger partial charge >= 0.3 is 11.9 Å². The molecule has 0 amide bonds. The van der Waals surface area contributed by atoms with Crippen molar-refractivity contribution in [3.63, 3.8) is 0 Å². The highest BCUT2D eigenvalue weighted by Gasteiger charge is 2.18. The molecule has 0 fully saturated rings. The minimum atomic E-state index is -1.16. The monoisotopic (exact) mass is 296 g/mol. The lowest BCUT2D eigenvalue weighted by atomic mass is 9.93. The molecule has 3 rings (SSSR count). The van der Waals surface area contributed by atoms with Crippen molar-refractivity contribution in [2.75, 3.05) is 7.11 Å². The van der Waals surface area contributed by atoms with E-state index in [4.69, 9.17) is 4.74 Å². The van der Waals surface area contributed by atoms with E-state index in [-0.39, 0.29) is 16.5 Å². The number of carbonyl (C=O) groups is 2. The molecule has 0 saturated heterocycles. The largest absolute Gasteiger partial charge is 0.497 e. The molecule has 0 bridgehead atoms. The summed E-state index contributed by atoms with van der Waals surface area (Å²) in [5.74, 6) is -1.71. The SMILES string of the molecule is COc1ccc2c(c1)cc(C(=O)O)c1c(C(=O)O)cccc12. The number of ether oxygens (including phenoxy) is 1. The van der Waals surface area contributed by atoms with E-state index in [0.717, 1.165) is 5.39 Å². The second-order valence-electron chi connectivity index (χ2n) is 4.85. The molecular weight excluding hydrogens is 284 g/mol. The third-order valence-corrected chi connectivity index (χ3v) is 3.64. The van der Waals surface area contributed by atoms with Gasteiger partial charge in [-0.25, -0.2) is 9.59 Å². The van der Waals surface area contributed by atoms with Crippen LogP contribution in [0.4, 0.5) is 0 Å². The minimum absolute atomic E-state index is 0.0207. The zero-order valence-corrected chi connectivity index (χ0v) is 11.7. The molecule has 3 aromatic carbocycles. The second-order valence-corrected chi connectivity index (χ2v) is 4.85. The van der Waals surface area contributed by atoms with E-state index in [0.29, 0.717) is 16.5 Å². The number of fused-ring (bicyclic) bond motifs is 3. The molecule has 0 spiro atoms. The lowest BCUT2D eigenvalue weighted by Gasteiger charge is -2.11. The number of rotatable bonds is 3. The van der Waals surface area contributed by atoms with Gasteiger partial charge in [0.15, 0.2) is 0 Å². The topological polar surface area (TPSA) is 83.8 Å². The van der Waals surface area contributed by atoms with Crippen molar-refractivity contribution in [2.45, 2.75) is 0 Å². The van der Waals surface area contributed by atoms with Crippen molar-refractivity contribution in [3.8, 4) is 5.75 Å².